The summed E-state index contributed by atoms with van der Waals surface area (Å²) in [7, 11) is 1.56. The fourth-order valence-electron chi connectivity index (χ4n) is 1.30. The molecule has 1 atom stereocenters. The molecular weight excluding hydrogens is 260 g/mol. The Bertz CT molecular complexity index is 419. The van der Waals surface area contributed by atoms with Crippen molar-refractivity contribution in [2.75, 3.05) is 13.7 Å². The maximum atomic E-state index is 11.7. The molecule has 0 bridgehead atoms. The molecule has 1 unspecified atom stereocenters. The third kappa shape index (κ3) is 6.04. The van der Waals surface area contributed by atoms with E-state index in [0.717, 1.165) is 0 Å². The average Bonchev–Trinajstić information content (AvgIpc) is 2.41. The lowest BCUT2D eigenvalue weighted by Gasteiger charge is -2.21. The molecule has 0 aromatic heterocycles. The van der Waals surface area contributed by atoms with Gasteiger partial charge in [-0.25, -0.2) is 4.79 Å². The lowest BCUT2D eigenvalue weighted by Crippen LogP contribution is -2.27. The van der Waals surface area contributed by atoms with E-state index in [1.807, 2.05) is 20.8 Å². The van der Waals surface area contributed by atoms with Gasteiger partial charge in [0.2, 0.25) is 0 Å². The van der Waals surface area contributed by atoms with E-state index in [-0.39, 0.29) is 11.7 Å². The number of rotatable bonds is 6. The third-order valence-electron chi connectivity index (χ3n) is 2.36. The topological polar surface area (TPSA) is 54.0 Å². The summed E-state index contributed by atoms with van der Waals surface area (Å²) in [5.41, 5.74) is 0.146. The number of carbonyl (C=O) groups is 1. The van der Waals surface area contributed by atoms with Crippen LogP contribution in [0.15, 0.2) is 24.3 Å². The summed E-state index contributed by atoms with van der Waals surface area (Å²) in [5.74, 6) is 0.129. The van der Waals surface area contributed by atoms with E-state index in [9.17, 15) is 4.79 Å². The summed E-state index contributed by atoms with van der Waals surface area (Å²) >= 11 is 0. The molecule has 0 N–H and O–H groups in total. The molecule has 20 heavy (non-hydrogen) atoms. The van der Waals surface area contributed by atoms with Gasteiger partial charge >= 0.3 is 5.97 Å². The Morgan fingerprint density at radius 2 is 1.80 bits per heavy atom. The van der Waals surface area contributed by atoms with Gasteiger partial charge in [0.1, 0.15) is 11.9 Å². The van der Waals surface area contributed by atoms with Crippen LogP contribution < -0.4 is 4.74 Å². The predicted molar refractivity (Wildman–Crippen MR) is 74.7 cm³/mol. The Balaban J connectivity index is 2.38. The smallest absolute Gasteiger partial charge is 0.373 e. The van der Waals surface area contributed by atoms with Crippen LogP contribution in [0, 0.1) is 0 Å². The first-order chi connectivity index (χ1) is 9.31. The molecule has 1 aromatic rings. The van der Waals surface area contributed by atoms with Crippen LogP contribution in [-0.2, 0) is 14.5 Å². The summed E-state index contributed by atoms with van der Waals surface area (Å²) in [4.78, 5) is 21.5. The summed E-state index contributed by atoms with van der Waals surface area (Å²) in [6, 6.07) is 6.59. The minimum absolute atomic E-state index is 0.252. The van der Waals surface area contributed by atoms with Crippen molar-refractivity contribution in [2.45, 2.75) is 39.4 Å². The van der Waals surface area contributed by atoms with Gasteiger partial charge in [-0.15, -0.1) is 0 Å². The first-order valence-corrected chi connectivity index (χ1v) is 6.47. The maximum Gasteiger partial charge on any atom is 0.373 e. The highest BCUT2D eigenvalue weighted by molar-refractivity contribution is 5.89. The van der Waals surface area contributed by atoms with Gasteiger partial charge in [0.25, 0.3) is 0 Å². The molecule has 1 aromatic carbocycles. The van der Waals surface area contributed by atoms with Crippen molar-refractivity contribution < 1.29 is 24.0 Å². The van der Waals surface area contributed by atoms with Crippen LogP contribution in [0.1, 0.15) is 38.1 Å². The number of hydrogen-bond donors (Lipinski definition) is 0. The van der Waals surface area contributed by atoms with E-state index in [4.69, 9.17) is 19.2 Å². The van der Waals surface area contributed by atoms with Crippen molar-refractivity contribution in [1.82, 2.24) is 0 Å². The fourth-order valence-corrected chi connectivity index (χ4v) is 1.30. The number of methoxy groups -OCH3 is 1. The van der Waals surface area contributed by atoms with Crippen LogP contribution in [0.5, 0.6) is 5.75 Å². The predicted octanol–water partition coefficient (Wildman–Crippen LogP) is 2.99. The minimum Gasteiger partial charge on any atom is -0.497 e. The quantitative estimate of drug-likeness (QED) is 0.593. The Morgan fingerprint density at radius 3 is 2.30 bits per heavy atom. The zero-order valence-electron chi connectivity index (χ0n) is 12.6. The van der Waals surface area contributed by atoms with E-state index in [0.29, 0.717) is 17.9 Å². The molecule has 0 fully saturated rings. The van der Waals surface area contributed by atoms with Gasteiger partial charge in [-0.3, -0.25) is 4.89 Å². The molecule has 0 aliphatic rings. The van der Waals surface area contributed by atoms with Gasteiger partial charge in [0.15, 0.2) is 0 Å². The molecule has 112 valence electrons. The van der Waals surface area contributed by atoms with Crippen molar-refractivity contribution in [3.63, 3.8) is 0 Å². The van der Waals surface area contributed by atoms with Crippen molar-refractivity contribution >= 4 is 5.97 Å². The molecule has 0 amide bonds. The minimum atomic E-state index is -0.546. The van der Waals surface area contributed by atoms with Crippen LogP contribution in [0.4, 0.5) is 0 Å². The average molecular weight is 282 g/mol. The zero-order chi connectivity index (χ0) is 15.2. The van der Waals surface area contributed by atoms with E-state index in [1.54, 1.807) is 38.3 Å². The lowest BCUT2D eigenvalue weighted by atomic mass is 10.2. The number of carbonyl (C=O) groups excluding carboxylic acids is 1. The molecule has 0 aliphatic heterocycles. The van der Waals surface area contributed by atoms with Crippen LogP contribution in [-0.4, -0.2) is 31.4 Å². The summed E-state index contributed by atoms with van der Waals surface area (Å²) < 4.78 is 10.5. The van der Waals surface area contributed by atoms with E-state index >= 15 is 0 Å². The lowest BCUT2D eigenvalue weighted by molar-refractivity contribution is -0.282. The Labute approximate surface area is 119 Å². The summed E-state index contributed by atoms with van der Waals surface area (Å²) in [5, 5.41) is 0. The molecule has 0 saturated carbocycles. The second kappa shape index (κ2) is 7.26. The third-order valence-corrected chi connectivity index (χ3v) is 2.36. The normalized spacial score (nSPS) is 12.8. The van der Waals surface area contributed by atoms with Gasteiger partial charge in [-0.2, -0.15) is 4.89 Å². The first-order valence-electron chi connectivity index (χ1n) is 6.47. The van der Waals surface area contributed by atoms with Crippen molar-refractivity contribution in [2.24, 2.45) is 0 Å². The SMILES string of the molecule is COc1ccc(C(=O)OOC(C)COC(C)(C)C)cc1. The first kappa shape index (κ1) is 16.5. The Morgan fingerprint density at radius 1 is 1.20 bits per heavy atom. The molecule has 0 spiro atoms. The van der Waals surface area contributed by atoms with Crippen LogP contribution in [0.3, 0.4) is 0 Å². The second-order valence-electron chi connectivity index (χ2n) is 5.43. The highest BCUT2D eigenvalue weighted by atomic mass is 17.2. The summed E-state index contributed by atoms with van der Waals surface area (Å²) in [6.07, 6.45) is -0.337. The Hall–Kier alpha value is -1.59. The standard InChI is InChI=1S/C15H22O5/c1-11(10-18-15(2,3)4)19-20-14(16)12-6-8-13(17-5)9-7-12/h6-9,11H,10H2,1-5H3. The molecule has 0 heterocycles. The van der Waals surface area contributed by atoms with Crippen molar-refractivity contribution in [3.05, 3.63) is 29.8 Å². The molecule has 5 nitrogen and oxygen atoms in total. The number of hydrogen-bond acceptors (Lipinski definition) is 5. The monoisotopic (exact) mass is 282 g/mol. The molecule has 5 heteroatoms. The van der Waals surface area contributed by atoms with Gasteiger partial charge in [0.05, 0.1) is 24.9 Å². The maximum absolute atomic E-state index is 11.7. The zero-order valence-corrected chi connectivity index (χ0v) is 12.6. The molecule has 0 radical (unpaired) electrons. The van der Waals surface area contributed by atoms with Crippen LogP contribution in [0.2, 0.25) is 0 Å². The molecule has 0 saturated heterocycles. The number of benzene rings is 1. The van der Waals surface area contributed by atoms with Gasteiger partial charge in [0, 0.05) is 0 Å². The van der Waals surface area contributed by atoms with E-state index in [2.05, 4.69) is 0 Å². The number of ether oxygens (including phenoxy) is 2. The summed E-state index contributed by atoms with van der Waals surface area (Å²) in [6.45, 7) is 7.96. The second-order valence-corrected chi connectivity index (χ2v) is 5.43. The molecule has 1 rings (SSSR count). The fraction of sp³-hybridized carbons (Fsp3) is 0.533. The van der Waals surface area contributed by atoms with Crippen LogP contribution in [0.25, 0.3) is 0 Å². The van der Waals surface area contributed by atoms with E-state index < -0.39 is 5.97 Å². The van der Waals surface area contributed by atoms with Gasteiger partial charge in [-0.1, -0.05) is 0 Å². The highest BCUT2D eigenvalue weighted by Crippen LogP contribution is 2.13. The highest BCUT2D eigenvalue weighted by Gasteiger charge is 2.15. The van der Waals surface area contributed by atoms with Crippen molar-refractivity contribution in [1.29, 1.82) is 0 Å². The van der Waals surface area contributed by atoms with E-state index in [1.165, 1.54) is 0 Å². The molecule has 0 aliphatic carbocycles. The largest absolute Gasteiger partial charge is 0.497 e. The molecular formula is C15H22O5. The van der Waals surface area contributed by atoms with Crippen molar-refractivity contribution in [3.8, 4) is 5.75 Å². The van der Waals surface area contributed by atoms with Crippen LogP contribution >= 0.6 is 0 Å². The Kier molecular flexibility index (Phi) is 5.98. The van der Waals surface area contributed by atoms with Gasteiger partial charge < -0.3 is 9.47 Å². The van der Waals surface area contributed by atoms with Gasteiger partial charge in [-0.05, 0) is 52.0 Å².